The lowest BCUT2D eigenvalue weighted by molar-refractivity contribution is -0.134. The second-order valence-corrected chi connectivity index (χ2v) is 5.01. The third-order valence-corrected chi connectivity index (χ3v) is 3.74. The van der Waals surface area contributed by atoms with Gasteiger partial charge in [0, 0.05) is 12.6 Å². The van der Waals surface area contributed by atoms with Crippen LogP contribution in [0, 0.1) is 0 Å². The van der Waals surface area contributed by atoms with Crippen LogP contribution in [0.25, 0.3) is 0 Å². The molecular formula is C14H28N2O2. The molecule has 1 N–H and O–H groups in total. The van der Waals surface area contributed by atoms with Crippen molar-refractivity contribution in [2.75, 3.05) is 26.2 Å². The molecule has 1 aliphatic rings. The van der Waals surface area contributed by atoms with Crippen molar-refractivity contribution >= 4 is 5.91 Å². The van der Waals surface area contributed by atoms with E-state index in [1.54, 1.807) is 0 Å². The lowest BCUT2D eigenvalue weighted by Gasteiger charge is -2.28. The number of nitrogens with zero attached hydrogens (tertiary/aromatic N) is 1. The van der Waals surface area contributed by atoms with Crippen LogP contribution in [-0.4, -0.2) is 49.2 Å². The van der Waals surface area contributed by atoms with Crippen molar-refractivity contribution in [1.82, 2.24) is 10.2 Å². The number of amides is 1. The number of carbonyl (C=O) groups is 1. The minimum atomic E-state index is 0.223. The van der Waals surface area contributed by atoms with Crippen molar-refractivity contribution in [3.8, 4) is 0 Å². The Balaban J connectivity index is 2.22. The van der Waals surface area contributed by atoms with Crippen LogP contribution in [0.1, 0.15) is 46.5 Å². The molecule has 1 unspecified atom stereocenters. The van der Waals surface area contributed by atoms with Gasteiger partial charge in [-0.1, -0.05) is 6.92 Å². The van der Waals surface area contributed by atoms with Crippen LogP contribution in [-0.2, 0) is 9.53 Å². The first kappa shape index (κ1) is 15.4. The number of ether oxygens (including phenoxy) is 1. The number of hydrogen-bond acceptors (Lipinski definition) is 3. The van der Waals surface area contributed by atoms with E-state index in [1.807, 2.05) is 11.8 Å². The Hall–Kier alpha value is -0.610. The summed E-state index contributed by atoms with van der Waals surface area (Å²) in [6.45, 7) is 9.69. The molecule has 0 radical (unpaired) electrons. The molecule has 0 aliphatic carbocycles. The minimum absolute atomic E-state index is 0.223. The molecule has 0 spiro atoms. The Kier molecular flexibility index (Phi) is 7.28. The number of carbonyl (C=O) groups excluding carboxylic acids is 1. The predicted molar refractivity (Wildman–Crippen MR) is 73.6 cm³/mol. The molecule has 0 aromatic carbocycles. The standard InChI is InChI=1S/C14H28N2O2/c1-4-12(3)16(5-2)14(17)8-11-18-13-6-9-15-10-7-13/h12-13,15H,4-11H2,1-3H3. The van der Waals surface area contributed by atoms with Crippen molar-refractivity contribution in [3.63, 3.8) is 0 Å². The third-order valence-electron chi connectivity index (χ3n) is 3.74. The van der Waals surface area contributed by atoms with E-state index in [2.05, 4.69) is 19.2 Å². The molecule has 18 heavy (non-hydrogen) atoms. The van der Waals surface area contributed by atoms with Gasteiger partial charge in [-0.2, -0.15) is 0 Å². The second-order valence-electron chi connectivity index (χ2n) is 5.01. The van der Waals surface area contributed by atoms with Gasteiger partial charge in [0.15, 0.2) is 0 Å². The summed E-state index contributed by atoms with van der Waals surface area (Å²) in [6.07, 6.45) is 4.00. The van der Waals surface area contributed by atoms with E-state index in [0.29, 0.717) is 25.2 Å². The van der Waals surface area contributed by atoms with Crippen molar-refractivity contribution < 1.29 is 9.53 Å². The molecule has 1 heterocycles. The van der Waals surface area contributed by atoms with E-state index in [-0.39, 0.29) is 5.91 Å². The van der Waals surface area contributed by atoms with E-state index in [4.69, 9.17) is 4.74 Å². The zero-order valence-electron chi connectivity index (χ0n) is 12.1. The van der Waals surface area contributed by atoms with Crippen LogP contribution in [0.2, 0.25) is 0 Å². The molecule has 1 saturated heterocycles. The number of nitrogens with one attached hydrogen (secondary N) is 1. The maximum absolute atomic E-state index is 12.0. The number of piperidine rings is 1. The van der Waals surface area contributed by atoms with E-state index in [0.717, 1.165) is 38.9 Å². The summed E-state index contributed by atoms with van der Waals surface area (Å²) in [7, 11) is 0. The van der Waals surface area contributed by atoms with E-state index >= 15 is 0 Å². The van der Waals surface area contributed by atoms with Crippen LogP contribution in [0.3, 0.4) is 0 Å². The topological polar surface area (TPSA) is 41.6 Å². The van der Waals surface area contributed by atoms with E-state index in [1.165, 1.54) is 0 Å². The summed E-state index contributed by atoms with van der Waals surface area (Å²) in [6, 6.07) is 0.335. The molecule has 0 aromatic heterocycles. The second kappa shape index (κ2) is 8.48. The normalized spacial score (nSPS) is 18.6. The highest BCUT2D eigenvalue weighted by Gasteiger charge is 2.18. The fourth-order valence-corrected chi connectivity index (χ4v) is 2.37. The monoisotopic (exact) mass is 256 g/mol. The number of hydrogen-bond donors (Lipinski definition) is 1. The summed E-state index contributed by atoms with van der Waals surface area (Å²) in [5, 5.41) is 3.31. The first-order valence-corrected chi connectivity index (χ1v) is 7.30. The molecule has 106 valence electrons. The molecule has 1 aliphatic heterocycles. The SMILES string of the molecule is CCC(C)N(CC)C(=O)CCOC1CCNCC1. The quantitative estimate of drug-likeness (QED) is 0.755. The molecule has 4 heteroatoms. The highest BCUT2D eigenvalue weighted by molar-refractivity contribution is 5.76. The average Bonchev–Trinajstić information content (AvgIpc) is 2.40. The van der Waals surface area contributed by atoms with Gasteiger partial charge >= 0.3 is 0 Å². The van der Waals surface area contributed by atoms with Gasteiger partial charge in [0.05, 0.1) is 19.1 Å². The van der Waals surface area contributed by atoms with Gasteiger partial charge < -0.3 is 15.0 Å². The molecular weight excluding hydrogens is 228 g/mol. The lowest BCUT2D eigenvalue weighted by Crippen LogP contribution is -2.39. The van der Waals surface area contributed by atoms with Gasteiger partial charge in [0.25, 0.3) is 0 Å². The van der Waals surface area contributed by atoms with Crippen LogP contribution >= 0.6 is 0 Å². The molecule has 1 rings (SSSR count). The van der Waals surface area contributed by atoms with Gasteiger partial charge in [-0.3, -0.25) is 4.79 Å². The smallest absolute Gasteiger partial charge is 0.225 e. The average molecular weight is 256 g/mol. The van der Waals surface area contributed by atoms with Gasteiger partial charge in [0.2, 0.25) is 5.91 Å². The third kappa shape index (κ3) is 4.94. The van der Waals surface area contributed by atoms with Gasteiger partial charge in [0.1, 0.15) is 0 Å². The predicted octanol–water partition coefficient (Wildman–Crippen LogP) is 1.79. The van der Waals surface area contributed by atoms with Gasteiger partial charge in [-0.25, -0.2) is 0 Å². The maximum atomic E-state index is 12.0. The fraction of sp³-hybridized carbons (Fsp3) is 0.929. The Morgan fingerprint density at radius 1 is 1.39 bits per heavy atom. The summed E-state index contributed by atoms with van der Waals surface area (Å²) < 4.78 is 5.77. The van der Waals surface area contributed by atoms with Crippen LogP contribution in [0.15, 0.2) is 0 Å². The highest BCUT2D eigenvalue weighted by Crippen LogP contribution is 2.09. The molecule has 1 amide bonds. The fourth-order valence-electron chi connectivity index (χ4n) is 2.37. The molecule has 1 atom stereocenters. The molecule has 1 fully saturated rings. The molecule has 0 aromatic rings. The summed E-state index contributed by atoms with van der Waals surface area (Å²) in [5.41, 5.74) is 0. The zero-order chi connectivity index (χ0) is 13.4. The molecule has 0 saturated carbocycles. The first-order valence-electron chi connectivity index (χ1n) is 7.30. The Labute approximate surface area is 111 Å². The van der Waals surface area contributed by atoms with E-state index < -0.39 is 0 Å². The van der Waals surface area contributed by atoms with Crippen molar-refractivity contribution in [1.29, 1.82) is 0 Å². The summed E-state index contributed by atoms with van der Waals surface area (Å²) in [4.78, 5) is 14.0. The largest absolute Gasteiger partial charge is 0.378 e. The number of rotatable bonds is 7. The summed E-state index contributed by atoms with van der Waals surface area (Å²) in [5.74, 6) is 0.223. The first-order chi connectivity index (χ1) is 8.69. The molecule has 0 bridgehead atoms. The van der Waals surface area contributed by atoms with Gasteiger partial charge in [-0.05, 0) is 46.2 Å². The van der Waals surface area contributed by atoms with E-state index in [9.17, 15) is 4.79 Å². The Bertz CT molecular complexity index is 240. The highest BCUT2D eigenvalue weighted by atomic mass is 16.5. The minimum Gasteiger partial charge on any atom is -0.378 e. The van der Waals surface area contributed by atoms with Crippen molar-refractivity contribution in [3.05, 3.63) is 0 Å². The molecule has 4 nitrogen and oxygen atoms in total. The Morgan fingerprint density at radius 3 is 2.61 bits per heavy atom. The van der Waals surface area contributed by atoms with Crippen molar-refractivity contribution in [2.45, 2.75) is 58.6 Å². The maximum Gasteiger partial charge on any atom is 0.225 e. The van der Waals surface area contributed by atoms with Crippen LogP contribution < -0.4 is 5.32 Å². The van der Waals surface area contributed by atoms with Crippen molar-refractivity contribution in [2.24, 2.45) is 0 Å². The van der Waals surface area contributed by atoms with Crippen LogP contribution in [0.5, 0.6) is 0 Å². The van der Waals surface area contributed by atoms with Crippen LogP contribution in [0.4, 0.5) is 0 Å². The zero-order valence-corrected chi connectivity index (χ0v) is 12.1. The van der Waals surface area contributed by atoms with Gasteiger partial charge in [-0.15, -0.1) is 0 Å². The lowest BCUT2D eigenvalue weighted by atomic mass is 10.1. The Morgan fingerprint density at radius 2 is 2.06 bits per heavy atom. The summed E-state index contributed by atoms with van der Waals surface area (Å²) >= 11 is 0.